The number of halogens is 3. The first kappa shape index (κ1) is 14.6. The molecule has 0 atom stereocenters. The molecule has 19 heavy (non-hydrogen) atoms. The summed E-state index contributed by atoms with van der Waals surface area (Å²) in [6, 6.07) is 2.24. The molecule has 1 saturated heterocycles. The number of amides is 1. The van der Waals surface area contributed by atoms with E-state index >= 15 is 0 Å². The lowest BCUT2D eigenvalue weighted by Crippen LogP contribution is -2.63. The number of β-amino-alcohol motifs (C(OH)–C–C–N with tert-alkyl or cyclic N) is 1. The van der Waals surface area contributed by atoms with Gasteiger partial charge in [0.25, 0.3) is 5.91 Å². The van der Waals surface area contributed by atoms with E-state index < -0.39 is 11.4 Å². The van der Waals surface area contributed by atoms with Crippen LogP contribution in [0.15, 0.2) is 12.1 Å². The zero-order valence-electron chi connectivity index (χ0n) is 10.4. The fourth-order valence-electron chi connectivity index (χ4n) is 2.29. The van der Waals surface area contributed by atoms with Gasteiger partial charge in [-0.05, 0) is 18.6 Å². The summed E-state index contributed by atoms with van der Waals surface area (Å²) in [6.45, 7) is 2.47. The Hall–Kier alpha value is -0.840. The van der Waals surface area contributed by atoms with Gasteiger partial charge in [0, 0.05) is 0 Å². The molecule has 0 bridgehead atoms. The third kappa shape index (κ3) is 2.86. The minimum atomic E-state index is -0.818. The summed E-state index contributed by atoms with van der Waals surface area (Å²) in [7, 11) is 0. The molecule has 1 heterocycles. The number of carbonyl (C=O) groups is 1. The molecular formula is C13H14Cl2FNO2. The summed E-state index contributed by atoms with van der Waals surface area (Å²) in [5, 5.41) is 10.0. The topological polar surface area (TPSA) is 40.5 Å². The zero-order valence-corrected chi connectivity index (χ0v) is 11.9. The Morgan fingerprint density at radius 2 is 2.05 bits per heavy atom. The highest BCUT2D eigenvalue weighted by molar-refractivity contribution is 6.36. The maximum absolute atomic E-state index is 13.4. The van der Waals surface area contributed by atoms with Crippen molar-refractivity contribution in [1.82, 2.24) is 4.90 Å². The Kier molecular flexibility index (Phi) is 4.04. The van der Waals surface area contributed by atoms with Gasteiger partial charge >= 0.3 is 0 Å². The molecule has 1 amide bonds. The van der Waals surface area contributed by atoms with Crippen LogP contribution >= 0.6 is 23.2 Å². The van der Waals surface area contributed by atoms with Crippen molar-refractivity contribution in [3.63, 3.8) is 0 Å². The minimum Gasteiger partial charge on any atom is -0.386 e. The van der Waals surface area contributed by atoms with Gasteiger partial charge in [0.1, 0.15) is 5.82 Å². The highest BCUT2D eigenvalue weighted by Crippen LogP contribution is 2.30. The highest BCUT2D eigenvalue weighted by Gasteiger charge is 2.43. The lowest BCUT2D eigenvalue weighted by molar-refractivity contribution is -0.0860. The van der Waals surface area contributed by atoms with Gasteiger partial charge in [-0.1, -0.05) is 36.5 Å². The largest absolute Gasteiger partial charge is 0.386 e. The second-order valence-electron chi connectivity index (χ2n) is 4.88. The van der Waals surface area contributed by atoms with Crippen LogP contribution in [0.4, 0.5) is 4.39 Å². The lowest BCUT2D eigenvalue weighted by atomic mass is 9.89. The number of likely N-dealkylation sites (tertiary alicyclic amines) is 1. The van der Waals surface area contributed by atoms with E-state index in [9.17, 15) is 14.3 Å². The normalized spacial score (nSPS) is 17.2. The van der Waals surface area contributed by atoms with Crippen molar-refractivity contribution < 1.29 is 14.3 Å². The van der Waals surface area contributed by atoms with Gasteiger partial charge in [-0.3, -0.25) is 4.79 Å². The SMILES string of the molecule is CCCC1(O)CN(C(=O)c2cc(F)c(Cl)cc2Cl)C1. The van der Waals surface area contributed by atoms with Gasteiger partial charge in [0.05, 0.1) is 34.3 Å². The van der Waals surface area contributed by atoms with Crippen LogP contribution in [0.3, 0.4) is 0 Å². The molecule has 0 unspecified atom stereocenters. The van der Waals surface area contributed by atoms with Crippen LogP contribution < -0.4 is 0 Å². The van der Waals surface area contributed by atoms with Gasteiger partial charge in [0.15, 0.2) is 0 Å². The Morgan fingerprint density at radius 1 is 1.42 bits per heavy atom. The highest BCUT2D eigenvalue weighted by atomic mass is 35.5. The Labute approximate surface area is 120 Å². The standard InChI is InChI=1S/C13H14Cl2FNO2/c1-2-3-13(19)6-17(7-13)12(18)8-4-11(16)10(15)5-9(8)14/h4-5,19H,2-3,6-7H2,1H3. The molecule has 104 valence electrons. The molecule has 0 spiro atoms. The van der Waals surface area contributed by atoms with Crippen molar-refractivity contribution in [3.05, 3.63) is 33.6 Å². The first-order valence-electron chi connectivity index (χ1n) is 6.02. The van der Waals surface area contributed by atoms with Crippen molar-refractivity contribution in [1.29, 1.82) is 0 Å². The molecule has 6 heteroatoms. The number of benzene rings is 1. The van der Waals surface area contributed by atoms with Crippen LogP contribution in [0.5, 0.6) is 0 Å². The van der Waals surface area contributed by atoms with Crippen molar-refractivity contribution in [2.75, 3.05) is 13.1 Å². The predicted molar refractivity (Wildman–Crippen MR) is 72.2 cm³/mol. The van der Waals surface area contributed by atoms with Crippen molar-refractivity contribution in [2.24, 2.45) is 0 Å². The zero-order chi connectivity index (χ0) is 14.2. The van der Waals surface area contributed by atoms with E-state index in [0.717, 1.165) is 12.5 Å². The summed E-state index contributed by atoms with van der Waals surface area (Å²) in [5.41, 5.74) is -0.746. The molecule has 0 aliphatic carbocycles. The van der Waals surface area contributed by atoms with Crippen LogP contribution in [0, 0.1) is 5.82 Å². The fraction of sp³-hybridized carbons (Fsp3) is 0.462. The number of hydrogen-bond acceptors (Lipinski definition) is 2. The average Bonchev–Trinajstić information content (AvgIpc) is 2.30. The molecule has 0 saturated carbocycles. The molecule has 1 aromatic carbocycles. The van der Waals surface area contributed by atoms with Gasteiger partial charge in [-0.2, -0.15) is 0 Å². The predicted octanol–water partition coefficient (Wildman–Crippen LogP) is 3.12. The molecule has 1 aliphatic heterocycles. The summed E-state index contributed by atoms with van der Waals surface area (Å²) in [6.07, 6.45) is 1.48. The molecule has 3 nitrogen and oxygen atoms in total. The molecule has 1 aromatic rings. The summed E-state index contributed by atoms with van der Waals surface area (Å²) >= 11 is 11.5. The Morgan fingerprint density at radius 3 is 2.63 bits per heavy atom. The average molecular weight is 306 g/mol. The lowest BCUT2D eigenvalue weighted by Gasteiger charge is -2.46. The first-order valence-corrected chi connectivity index (χ1v) is 6.78. The molecule has 1 aliphatic rings. The van der Waals surface area contributed by atoms with Gasteiger partial charge in [0.2, 0.25) is 0 Å². The second kappa shape index (κ2) is 5.27. The number of nitrogens with zero attached hydrogens (tertiary/aromatic N) is 1. The molecule has 0 radical (unpaired) electrons. The van der Waals surface area contributed by atoms with E-state index in [1.807, 2.05) is 6.92 Å². The smallest absolute Gasteiger partial charge is 0.255 e. The van der Waals surface area contributed by atoms with Crippen LogP contribution in [-0.4, -0.2) is 34.6 Å². The van der Waals surface area contributed by atoms with Crippen molar-refractivity contribution in [2.45, 2.75) is 25.4 Å². The van der Waals surface area contributed by atoms with Gasteiger partial charge < -0.3 is 10.0 Å². The number of aliphatic hydroxyl groups is 1. The minimum absolute atomic E-state index is 0.0714. The number of rotatable bonds is 3. The van der Waals surface area contributed by atoms with Crippen molar-refractivity contribution >= 4 is 29.1 Å². The van der Waals surface area contributed by atoms with Crippen LogP contribution in [0.25, 0.3) is 0 Å². The van der Waals surface area contributed by atoms with E-state index in [4.69, 9.17) is 23.2 Å². The maximum atomic E-state index is 13.4. The van der Waals surface area contributed by atoms with Gasteiger partial charge in [-0.25, -0.2) is 4.39 Å². The first-order chi connectivity index (χ1) is 8.86. The molecular weight excluding hydrogens is 292 g/mol. The third-order valence-corrected chi connectivity index (χ3v) is 3.82. The Bertz CT molecular complexity index is 516. The van der Waals surface area contributed by atoms with Crippen LogP contribution in [0.2, 0.25) is 10.0 Å². The Balaban J connectivity index is 2.12. The maximum Gasteiger partial charge on any atom is 0.255 e. The summed E-state index contributed by atoms with van der Waals surface area (Å²) in [5.74, 6) is -1.07. The number of carbonyl (C=O) groups excluding carboxylic acids is 1. The molecule has 1 fully saturated rings. The number of hydrogen-bond donors (Lipinski definition) is 1. The summed E-state index contributed by atoms with van der Waals surface area (Å²) in [4.78, 5) is 13.6. The van der Waals surface area contributed by atoms with E-state index in [0.29, 0.717) is 6.42 Å². The third-order valence-electron chi connectivity index (χ3n) is 3.21. The van der Waals surface area contributed by atoms with E-state index in [2.05, 4.69) is 0 Å². The van der Waals surface area contributed by atoms with E-state index in [-0.39, 0.29) is 34.6 Å². The second-order valence-corrected chi connectivity index (χ2v) is 5.70. The van der Waals surface area contributed by atoms with Crippen LogP contribution in [0.1, 0.15) is 30.1 Å². The van der Waals surface area contributed by atoms with E-state index in [1.165, 1.54) is 11.0 Å². The fourth-order valence-corrected chi connectivity index (χ4v) is 2.75. The molecule has 0 aromatic heterocycles. The van der Waals surface area contributed by atoms with E-state index in [1.54, 1.807) is 0 Å². The quantitative estimate of drug-likeness (QED) is 0.872. The van der Waals surface area contributed by atoms with Crippen LogP contribution in [-0.2, 0) is 0 Å². The molecule has 2 rings (SSSR count). The van der Waals surface area contributed by atoms with Gasteiger partial charge in [-0.15, -0.1) is 0 Å². The molecule has 1 N–H and O–H groups in total. The monoisotopic (exact) mass is 305 g/mol. The van der Waals surface area contributed by atoms with Crippen molar-refractivity contribution in [3.8, 4) is 0 Å². The summed E-state index contributed by atoms with van der Waals surface area (Å²) < 4.78 is 13.4.